The summed E-state index contributed by atoms with van der Waals surface area (Å²) in [6.07, 6.45) is 0. The normalized spacial score (nSPS) is 10.3. The number of rotatable bonds is 3. The predicted octanol–water partition coefficient (Wildman–Crippen LogP) is 2.80. The Morgan fingerprint density at radius 1 is 1.50 bits per heavy atom. The number of urea groups is 1. The van der Waals surface area contributed by atoms with E-state index in [-0.39, 0.29) is 24.4 Å². The number of hydrogen-bond donors (Lipinski definition) is 2. The molecule has 0 bridgehead atoms. The molecule has 2 N–H and O–H groups in total. The highest BCUT2D eigenvalue weighted by atomic mass is 79.9. The van der Waals surface area contributed by atoms with Gasteiger partial charge in [-0.05, 0) is 26.0 Å². The summed E-state index contributed by atoms with van der Waals surface area (Å²) in [5.74, 6) is -0.334. The van der Waals surface area contributed by atoms with Crippen molar-refractivity contribution in [2.75, 3.05) is 0 Å². The molecule has 0 saturated heterocycles. The Morgan fingerprint density at radius 3 is 2.75 bits per heavy atom. The number of amides is 2. The van der Waals surface area contributed by atoms with Crippen molar-refractivity contribution in [1.82, 2.24) is 10.6 Å². The van der Waals surface area contributed by atoms with Crippen molar-refractivity contribution >= 4 is 22.0 Å². The second-order valence-corrected chi connectivity index (χ2v) is 4.63. The van der Waals surface area contributed by atoms with E-state index in [1.54, 1.807) is 12.1 Å². The summed E-state index contributed by atoms with van der Waals surface area (Å²) >= 11 is 3.17. The van der Waals surface area contributed by atoms with Gasteiger partial charge in [0.25, 0.3) is 0 Å². The van der Waals surface area contributed by atoms with Crippen molar-refractivity contribution in [3.05, 3.63) is 34.1 Å². The maximum absolute atomic E-state index is 13.4. The maximum atomic E-state index is 13.4. The van der Waals surface area contributed by atoms with Crippen LogP contribution in [0.25, 0.3) is 0 Å². The van der Waals surface area contributed by atoms with E-state index in [1.165, 1.54) is 6.07 Å². The molecular formula is C11H14BrFN2O. The molecule has 0 fully saturated rings. The first-order chi connectivity index (χ1) is 7.49. The van der Waals surface area contributed by atoms with Crippen molar-refractivity contribution in [2.45, 2.75) is 26.4 Å². The van der Waals surface area contributed by atoms with Crippen molar-refractivity contribution in [1.29, 1.82) is 0 Å². The molecule has 0 aliphatic heterocycles. The van der Waals surface area contributed by atoms with Gasteiger partial charge in [-0.15, -0.1) is 0 Å². The Kier molecular flexibility index (Phi) is 4.73. The summed E-state index contributed by atoms with van der Waals surface area (Å²) in [6, 6.07) is 4.51. The summed E-state index contributed by atoms with van der Waals surface area (Å²) in [5, 5.41) is 5.25. The van der Waals surface area contributed by atoms with Crippen molar-refractivity contribution in [2.24, 2.45) is 0 Å². The number of benzene rings is 1. The first-order valence-electron chi connectivity index (χ1n) is 4.97. The highest BCUT2D eigenvalue weighted by Crippen LogP contribution is 2.14. The molecule has 1 rings (SSSR count). The molecule has 0 aliphatic rings. The van der Waals surface area contributed by atoms with Crippen LogP contribution in [0.3, 0.4) is 0 Å². The van der Waals surface area contributed by atoms with Crippen LogP contribution < -0.4 is 10.6 Å². The average molecular weight is 289 g/mol. The third-order valence-electron chi connectivity index (χ3n) is 1.87. The molecule has 0 spiro atoms. The number of carbonyl (C=O) groups excluding carboxylic acids is 1. The number of carbonyl (C=O) groups is 1. The Balaban J connectivity index is 2.51. The van der Waals surface area contributed by atoms with E-state index in [0.29, 0.717) is 10.0 Å². The standard InChI is InChI=1S/C11H14BrFN2O/c1-7(2)15-11(16)14-6-8-3-4-9(12)5-10(8)13/h3-5,7H,6H2,1-2H3,(H2,14,15,16). The molecule has 0 unspecified atom stereocenters. The van der Waals surface area contributed by atoms with Gasteiger partial charge in [0.05, 0.1) is 0 Å². The van der Waals surface area contributed by atoms with Crippen LogP contribution in [0.2, 0.25) is 0 Å². The maximum Gasteiger partial charge on any atom is 0.315 e. The SMILES string of the molecule is CC(C)NC(=O)NCc1ccc(Br)cc1F. The lowest BCUT2D eigenvalue weighted by Crippen LogP contribution is -2.39. The molecule has 0 heterocycles. The smallest absolute Gasteiger partial charge is 0.315 e. The molecule has 0 radical (unpaired) electrons. The molecule has 1 aromatic rings. The topological polar surface area (TPSA) is 41.1 Å². The molecule has 2 amide bonds. The van der Waals surface area contributed by atoms with Crippen LogP contribution in [0, 0.1) is 5.82 Å². The summed E-state index contributed by atoms with van der Waals surface area (Å²) in [6.45, 7) is 3.90. The van der Waals surface area contributed by atoms with Gasteiger partial charge in [-0.3, -0.25) is 0 Å². The van der Waals surface area contributed by atoms with E-state index in [9.17, 15) is 9.18 Å². The second kappa shape index (κ2) is 5.84. The summed E-state index contributed by atoms with van der Waals surface area (Å²) in [5.41, 5.74) is 0.460. The lowest BCUT2D eigenvalue weighted by Gasteiger charge is -2.10. The molecule has 16 heavy (non-hydrogen) atoms. The fraction of sp³-hybridized carbons (Fsp3) is 0.364. The molecule has 88 valence electrons. The second-order valence-electron chi connectivity index (χ2n) is 3.72. The molecule has 0 saturated carbocycles. The van der Waals surface area contributed by atoms with Crippen LogP contribution in [0.1, 0.15) is 19.4 Å². The zero-order chi connectivity index (χ0) is 12.1. The van der Waals surface area contributed by atoms with Crippen molar-refractivity contribution in [3.63, 3.8) is 0 Å². The van der Waals surface area contributed by atoms with Gasteiger partial charge in [-0.2, -0.15) is 0 Å². The van der Waals surface area contributed by atoms with Gasteiger partial charge in [0.15, 0.2) is 0 Å². The van der Waals surface area contributed by atoms with E-state index in [2.05, 4.69) is 26.6 Å². The molecule has 5 heteroatoms. The Labute approximate surface area is 103 Å². The van der Waals surface area contributed by atoms with Gasteiger partial charge in [-0.1, -0.05) is 22.0 Å². The molecular weight excluding hydrogens is 275 g/mol. The van der Waals surface area contributed by atoms with Gasteiger partial charge < -0.3 is 10.6 Å². The molecule has 1 aromatic carbocycles. The fourth-order valence-electron chi connectivity index (χ4n) is 1.15. The number of nitrogens with one attached hydrogen (secondary N) is 2. The minimum atomic E-state index is -0.334. The highest BCUT2D eigenvalue weighted by Gasteiger charge is 2.05. The lowest BCUT2D eigenvalue weighted by molar-refractivity contribution is 0.238. The van der Waals surface area contributed by atoms with Crippen LogP contribution in [0.4, 0.5) is 9.18 Å². The fourth-order valence-corrected chi connectivity index (χ4v) is 1.49. The van der Waals surface area contributed by atoms with Gasteiger partial charge in [0, 0.05) is 22.6 Å². The molecule has 0 aliphatic carbocycles. The van der Waals surface area contributed by atoms with Gasteiger partial charge in [-0.25, -0.2) is 9.18 Å². The van der Waals surface area contributed by atoms with Crippen LogP contribution in [-0.4, -0.2) is 12.1 Å². The Bertz CT molecular complexity index is 382. The Hall–Kier alpha value is -1.10. The first kappa shape index (κ1) is 13.0. The quantitative estimate of drug-likeness (QED) is 0.882. The minimum Gasteiger partial charge on any atom is -0.336 e. The Morgan fingerprint density at radius 2 is 2.19 bits per heavy atom. The molecule has 3 nitrogen and oxygen atoms in total. The van der Waals surface area contributed by atoms with Crippen LogP contribution in [-0.2, 0) is 6.54 Å². The number of halogens is 2. The third kappa shape index (κ3) is 4.18. The summed E-state index contributed by atoms with van der Waals surface area (Å²) in [4.78, 5) is 11.3. The van der Waals surface area contributed by atoms with Gasteiger partial charge in [0.2, 0.25) is 0 Å². The number of hydrogen-bond acceptors (Lipinski definition) is 1. The minimum absolute atomic E-state index is 0.0646. The summed E-state index contributed by atoms with van der Waals surface area (Å²) in [7, 11) is 0. The van der Waals surface area contributed by atoms with Crippen molar-refractivity contribution in [3.8, 4) is 0 Å². The molecule has 0 aromatic heterocycles. The average Bonchev–Trinajstić information content (AvgIpc) is 2.15. The predicted molar refractivity (Wildman–Crippen MR) is 64.6 cm³/mol. The van der Waals surface area contributed by atoms with Crippen LogP contribution >= 0.6 is 15.9 Å². The monoisotopic (exact) mass is 288 g/mol. The van der Waals surface area contributed by atoms with E-state index in [1.807, 2.05) is 13.8 Å². The van der Waals surface area contributed by atoms with Gasteiger partial charge in [0.1, 0.15) is 5.82 Å². The lowest BCUT2D eigenvalue weighted by atomic mass is 10.2. The summed E-state index contributed by atoms with van der Waals surface area (Å²) < 4.78 is 14.0. The van der Waals surface area contributed by atoms with E-state index < -0.39 is 0 Å². The zero-order valence-electron chi connectivity index (χ0n) is 9.18. The molecule has 0 atom stereocenters. The van der Waals surface area contributed by atoms with Gasteiger partial charge >= 0.3 is 6.03 Å². The van der Waals surface area contributed by atoms with E-state index >= 15 is 0 Å². The zero-order valence-corrected chi connectivity index (χ0v) is 10.8. The first-order valence-corrected chi connectivity index (χ1v) is 5.76. The third-order valence-corrected chi connectivity index (χ3v) is 2.37. The largest absolute Gasteiger partial charge is 0.336 e. The van der Waals surface area contributed by atoms with E-state index in [0.717, 1.165) is 0 Å². The van der Waals surface area contributed by atoms with Crippen molar-refractivity contribution < 1.29 is 9.18 Å². The van der Waals surface area contributed by atoms with Crippen LogP contribution in [0.5, 0.6) is 0 Å². The highest BCUT2D eigenvalue weighted by molar-refractivity contribution is 9.10. The van der Waals surface area contributed by atoms with Crippen LogP contribution in [0.15, 0.2) is 22.7 Å². The van der Waals surface area contributed by atoms with E-state index in [4.69, 9.17) is 0 Å².